The maximum Gasteiger partial charge on any atom is 0.314 e. The molecule has 0 saturated carbocycles. The van der Waals surface area contributed by atoms with E-state index in [0.29, 0.717) is 13.2 Å². The maximum atomic E-state index is 12.1. The molecule has 2 rings (SSSR count). The Hall–Kier alpha value is -2.13. The van der Waals surface area contributed by atoms with Gasteiger partial charge in [0.15, 0.2) is 0 Å². The van der Waals surface area contributed by atoms with E-state index < -0.39 is 0 Å². The number of ether oxygens (including phenoxy) is 1. The Balaban J connectivity index is 1.88. The van der Waals surface area contributed by atoms with Crippen LogP contribution in [0, 0.1) is 0 Å². The van der Waals surface area contributed by atoms with Gasteiger partial charge in [-0.15, -0.1) is 0 Å². The van der Waals surface area contributed by atoms with Gasteiger partial charge in [0.25, 0.3) is 0 Å². The monoisotopic (exact) mass is 297 g/mol. The highest BCUT2D eigenvalue weighted by atomic mass is 16.5. The molecule has 0 spiro atoms. The summed E-state index contributed by atoms with van der Waals surface area (Å²) >= 11 is 0. The van der Waals surface area contributed by atoms with Crippen molar-refractivity contribution in [2.75, 3.05) is 19.7 Å². The van der Waals surface area contributed by atoms with Crippen molar-refractivity contribution < 1.29 is 9.53 Å². The smallest absolute Gasteiger partial charge is 0.314 e. The van der Waals surface area contributed by atoms with Crippen LogP contribution in [-0.4, -0.2) is 25.7 Å². The minimum atomic E-state index is -0.253. The summed E-state index contributed by atoms with van der Waals surface area (Å²) in [6.45, 7) is 3.68. The van der Waals surface area contributed by atoms with Crippen molar-refractivity contribution in [3.05, 3.63) is 71.8 Å². The Bertz CT molecular complexity index is 554. The summed E-state index contributed by atoms with van der Waals surface area (Å²) in [6.07, 6.45) is 0.950. The first-order valence-electron chi connectivity index (χ1n) is 7.77. The molecule has 0 bridgehead atoms. The lowest BCUT2D eigenvalue weighted by Crippen LogP contribution is -2.29. The van der Waals surface area contributed by atoms with E-state index in [0.717, 1.165) is 18.5 Å². The van der Waals surface area contributed by atoms with Gasteiger partial charge in [-0.2, -0.15) is 0 Å². The van der Waals surface area contributed by atoms with E-state index in [1.54, 1.807) is 0 Å². The topological polar surface area (TPSA) is 38.3 Å². The molecule has 0 saturated heterocycles. The molecule has 0 heterocycles. The van der Waals surface area contributed by atoms with E-state index in [1.165, 1.54) is 5.56 Å². The van der Waals surface area contributed by atoms with Crippen molar-refractivity contribution in [1.29, 1.82) is 0 Å². The lowest BCUT2D eigenvalue weighted by molar-refractivity contribution is -0.144. The number of esters is 1. The maximum absolute atomic E-state index is 12.1. The van der Waals surface area contributed by atoms with Crippen molar-refractivity contribution in [1.82, 2.24) is 5.32 Å². The van der Waals surface area contributed by atoms with Gasteiger partial charge in [0.1, 0.15) is 0 Å². The van der Waals surface area contributed by atoms with Crippen molar-refractivity contribution in [3.8, 4) is 0 Å². The van der Waals surface area contributed by atoms with Crippen LogP contribution in [0.5, 0.6) is 0 Å². The van der Waals surface area contributed by atoms with Crippen LogP contribution in [-0.2, 0) is 16.0 Å². The van der Waals surface area contributed by atoms with Crippen LogP contribution in [0.15, 0.2) is 60.7 Å². The summed E-state index contributed by atoms with van der Waals surface area (Å²) in [6, 6.07) is 20.1. The normalized spacial score (nSPS) is 11.9. The summed E-state index contributed by atoms with van der Waals surface area (Å²) in [5.41, 5.74) is 2.29. The highest BCUT2D eigenvalue weighted by molar-refractivity contribution is 5.78. The third kappa shape index (κ3) is 5.01. The van der Waals surface area contributed by atoms with Gasteiger partial charge in [0, 0.05) is 6.54 Å². The fourth-order valence-electron chi connectivity index (χ4n) is 2.39. The van der Waals surface area contributed by atoms with Gasteiger partial charge in [0.05, 0.1) is 12.5 Å². The largest absolute Gasteiger partial charge is 0.465 e. The quantitative estimate of drug-likeness (QED) is 0.601. The number of hydrogen-bond acceptors (Lipinski definition) is 3. The number of rotatable bonds is 8. The zero-order chi connectivity index (χ0) is 15.6. The number of hydrogen-bond donors (Lipinski definition) is 1. The van der Waals surface area contributed by atoms with E-state index in [-0.39, 0.29) is 11.9 Å². The predicted octanol–water partition coefficient (Wildman–Crippen LogP) is 3.17. The van der Waals surface area contributed by atoms with Crippen LogP contribution < -0.4 is 5.32 Å². The third-order valence-corrected chi connectivity index (χ3v) is 3.55. The summed E-state index contributed by atoms with van der Waals surface area (Å²) in [5, 5.41) is 3.37. The van der Waals surface area contributed by atoms with E-state index >= 15 is 0 Å². The van der Waals surface area contributed by atoms with Gasteiger partial charge < -0.3 is 10.1 Å². The number of carbonyl (C=O) groups excluding carboxylic acids is 1. The molecular weight excluding hydrogens is 274 g/mol. The molecule has 116 valence electrons. The molecule has 22 heavy (non-hydrogen) atoms. The highest BCUT2D eigenvalue weighted by Crippen LogP contribution is 2.16. The van der Waals surface area contributed by atoms with Crippen LogP contribution in [0.4, 0.5) is 0 Å². The summed E-state index contributed by atoms with van der Waals surface area (Å²) < 4.78 is 5.19. The second kappa shape index (κ2) is 9.00. The fraction of sp³-hybridized carbons (Fsp3) is 0.316. The predicted molar refractivity (Wildman–Crippen MR) is 88.8 cm³/mol. The van der Waals surface area contributed by atoms with Crippen molar-refractivity contribution in [2.45, 2.75) is 19.3 Å². The zero-order valence-corrected chi connectivity index (χ0v) is 13.0. The van der Waals surface area contributed by atoms with Crippen LogP contribution in [0.2, 0.25) is 0 Å². The molecule has 3 nitrogen and oxygen atoms in total. The van der Waals surface area contributed by atoms with Crippen molar-refractivity contribution >= 4 is 5.97 Å². The molecule has 2 aromatic rings. The molecule has 0 radical (unpaired) electrons. The standard InChI is InChI=1S/C19H23NO2/c1-2-22-19(21)18(17-11-7-4-8-12-17)15-20-14-13-16-9-5-3-6-10-16/h3-12,18,20H,2,13-15H2,1H3. The average molecular weight is 297 g/mol. The summed E-state index contributed by atoms with van der Waals surface area (Å²) in [7, 11) is 0. The van der Waals surface area contributed by atoms with Gasteiger partial charge in [-0.3, -0.25) is 4.79 Å². The second-order valence-electron chi connectivity index (χ2n) is 5.16. The first-order valence-corrected chi connectivity index (χ1v) is 7.77. The van der Waals surface area contributed by atoms with Crippen LogP contribution >= 0.6 is 0 Å². The minimum absolute atomic E-state index is 0.166. The van der Waals surface area contributed by atoms with Crippen molar-refractivity contribution in [2.24, 2.45) is 0 Å². The van der Waals surface area contributed by atoms with Gasteiger partial charge in [-0.1, -0.05) is 60.7 Å². The second-order valence-corrected chi connectivity index (χ2v) is 5.16. The number of carbonyl (C=O) groups is 1. The molecule has 1 atom stereocenters. The molecule has 0 fully saturated rings. The van der Waals surface area contributed by atoms with Gasteiger partial charge >= 0.3 is 5.97 Å². The Morgan fingerprint density at radius 3 is 2.32 bits per heavy atom. The first kappa shape index (κ1) is 16.2. The Morgan fingerprint density at radius 2 is 1.68 bits per heavy atom. The van der Waals surface area contributed by atoms with Gasteiger partial charge in [-0.25, -0.2) is 0 Å². The molecule has 0 amide bonds. The molecule has 3 heteroatoms. The number of nitrogens with one attached hydrogen (secondary N) is 1. The molecule has 2 aromatic carbocycles. The molecule has 0 aliphatic carbocycles. The van der Waals surface area contributed by atoms with Crippen molar-refractivity contribution in [3.63, 3.8) is 0 Å². The first-order chi connectivity index (χ1) is 10.8. The summed E-state index contributed by atoms with van der Waals surface area (Å²) in [5.74, 6) is -0.419. The third-order valence-electron chi connectivity index (χ3n) is 3.55. The molecular formula is C19H23NO2. The molecule has 0 aromatic heterocycles. The van der Waals surface area contributed by atoms with E-state index in [4.69, 9.17) is 4.74 Å². The Morgan fingerprint density at radius 1 is 1.05 bits per heavy atom. The minimum Gasteiger partial charge on any atom is -0.465 e. The molecule has 0 aliphatic heterocycles. The molecule has 1 N–H and O–H groups in total. The zero-order valence-electron chi connectivity index (χ0n) is 13.0. The SMILES string of the molecule is CCOC(=O)C(CNCCc1ccccc1)c1ccccc1. The average Bonchev–Trinajstić information content (AvgIpc) is 2.57. The van der Waals surface area contributed by atoms with E-state index in [2.05, 4.69) is 17.4 Å². The Kier molecular flexibility index (Phi) is 6.65. The van der Waals surface area contributed by atoms with Gasteiger partial charge in [0.2, 0.25) is 0 Å². The Labute approximate surface area is 132 Å². The lowest BCUT2D eigenvalue weighted by atomic mass is 9.99. The van der Waals surface area contributed by atoms with Crippen LogP contribution in [0.25, 0.3) is 0 Å². The number of benzene rings is 2. The van der Waals surface area contributed by atoms with E-state index in [1.807, 2.05) is 55.5 Å². The fourth-order valence-corrected chi connectivity index (χ4v) is 2.39. The lowest BCUT2D eigenvalue weighted by Gasteiger charge is -2.16. The summed E-state index contributed by atoms with van der Waals surface area (Å²) in [4.78, 5) is 12.1. The molecule has 1 unspecified atom stereocenters. The van der Waals surface area contributed by atoms with Crippen LogP contribution in [0.3, 0.4) is 0 Å². The highest BCUT2D eigenvalue weighted by Gasteiger charge is 2.21. The molecule has 0 aliphatic rings. The van der Waals surface area contributed by atoms with E-state index in [9.17, 15) is 4.79 Å². The van der Waals surface area contributed by atoms with Gasteiger partial charge in [-0.05, 0) is 31.0 Å². The van der Waals surface area contributed by atoms with Crippen LogP contribution in [0.1, 0.15) is 24.0 Å².